The molecule has 0 aromatic heterocycles. The molecule has 23 heavy (non-hydrogen) atoms. The van der Waals surface area contributed by atoms with Gasteiger partial charge in [0.15, 0.2) is 6.61 Å². The van der Waals surface area contributed by atoms with Crippen molar-refractivity contribution in [3.8, 4) is 5.75 Å². The first kappa shape index (κ1) is 17.4. The second kappa shape index (κ2) is 7.08. The van der Waals surface area contributed by atoms with Gasteiger partial charge in [0.25, 0.3) is 0 Å². The van der Waals surface area contributed by atoms with Crippen LogP contribution in [0.5, 0.6) is 5.75 Å². The van der Waals surface area contributed by atoms with Crippen LogP contribution >= 0.6 is 0 Å². The van der Waals surface area contributed by atoms with E-state index in [0.717, 1.165) is 12.8 Å². The molecule has 1 aromatic rings. The fourth-order valence-corrected chi connectivity index (χ4v) is 2.07. The molecule has 2 amide bonds. The quantitative estimate of drug-likeness (QED) is 0.750. The first-order valence-corrected chi connectivity index (χ1v) is 7.28. The number of nitrogens with one attached hydrogen (secondary N) is 2. The van der Waals surface area contributed by atoms with Crippen LogP contribution in [0.4, 0.5) is 23.7 Å². The van der Waals surface area contributed by atoms with E-state index in [1.54, 1.807) is 6.92 Å². The highest BCUT2D eigenvalue weighted by Crippen LogP contribution is 2.32. The number of hydrogen-bond acceptors (Lipinski definition) is 3. The molecule has 1 aromatic carbocycles. The molecule has 0 heterocycles. The Balaban J connectivity index is 1.83. The van der Waals surface area contributed by atoms with Gasteiger partial charge >= 0.3 is 12.2 Å². The molecule has 1 aliphatic carbocycles. The smallest absolute Gasteiger partial charge is 0.422 e. The largest absolute Gasteiger partial charge is 0.484 e. The SMILES string of the molecule is Cc1cc(NC(=O)NCC(O)C2CC2)ccc1OCC(F)(F)F. The lowest BCUT2D eigenvalue weighted by Crippen LogP contribution is -2.36. The van der Waals surface area contributed by atoms with E-state index in [4.69, 9.17) is 0 Å². The van der Waals surface area contributed by atoms with Crippen LogP contribution in [0.15, 0.2) is 18.2 Å². The minimum atomic E-state index is -4.40. The second-order valence-corrected chi connectivity index (χ2v) is 5.62. The average Bonchev–Trinajstić information content (AvgIpc) is 3.27. The van der Waals surface area contributed by atoms with Gasteiger partial charge < -0.3 is 20.5 Å². The summed E-state index contributed by atoms with van der Waals surface area (Å²) in [5.74, 6) is 0.375. The predicted octanol–water partition coefficient (Wildman–Crippen LogP) is 2.83. The zero-order valence-electron chi connectivity index (χ0n) is 12.6. The summed E-state index contributed by atoms with van der Waals surface area (Å²) in [6, 6.07) is 3.86. The number of aliphatic hydroxyl groups is 1. The van der Waals surface area contributed by atoms with Crippen molar-refractivity contribution in [2.75, 3.05) is 18.5 Å². The highest BCUT2D eigenvalue weighted by Gasteiger charge is 2.30. The van der Waals surface area contributed by atoms with Crippen LogP contribution < -0.4 is 15.4 Å². The number of carbonyl (C=O) groups excluding carboxylic acids is 1. The number of anilines is 1. The number of ether oxygens (including phenoxy) is 1. The monoisotopic (exact) mass is 332 g/mol. The van der Waals surface area contributed by atoms with E-state index < -0.39 is 24.9 Å². The standard InChI is InChI=1S/C15H19F3N2O3/c1-9-6-11(4-5-13(9)23-8-15(16,17)18)20-14(22)19-7-12(21)10-2-3-10/h4-6,10,12,21H,2-3,7-8H2,1H3,(H2,19,20,22). The van der Waals surface area contributed by atoms with Gasteiger partial charge in [-0.1, -0.05) is 0 Å². The van der Waals surface area contributed by atoms with Crippen LogP contribution in [0.3, 0.4) is 0 Å². The molecule has 8 heteroatoms. The average molecular weight is 332 g/mol. The molecular formula is C15H19F3N2O3. The second-order valence-electron chi connectivity index (χ2n) is 5.62. The van der Waals surface area contributed by atoms with E-state index in [1.165, 1.54) is 18.2 Å². The van der Waals surface area contributed by atoms with Gasteiger partial charge in [-0.15, -0.1) is 0 Å². The fraction of sp³-hybridized carbons (Fsp3) is 0.533. The van der Waals surface area contributed by atoms with E-state index in [1.807, 2.05) is 0 Å². The van der Waals surface area contributed by atoms with Gasteiger partial charge in [-0.2, -0.15) is 13.2 Å². The van der Waals surface area contributed by atoms with Gasteiger partial charge in [0.1, 0.15) is 5.75 Å². The summed E-state index contributed by atoms with van der Waals surface area (Å²) in [4.78, 5) is 11.7. The molecule has 0 bridgehead atoms. The highest BCUT2D eigenvalue weighted by atomic mass is 19.4. The maximum atomic E-state index is 12.1. The minimum Gasteiger partial charge on any atom is -0.484 e. The first-order chi connectivity index (χ1) is 10.7. The normalized spacial score (nSPS) is 15.9. The van der Waals surface area contributed by atoms with E-state index in [9.17, 15) is 23.1 Å². The molecule has 128 valence electrons. The van der Waals surface area contributed by atoms with Crippen LogP contribution in [0.2, 0.25) is 0 Å². The van der Waals surface area contributed by atoms with Gasteiger partial charge in [-0.25, -0.2) is 4.79 Å². The highest BCUT2D eigenvalue weighted by molar-refractivity contribution is 5.89. The van der Waals surface area contributed by atoms with Gasteiger partial charge in [-0.05, 0) is 49.4 Å². The van der Waals surface area contributed by atoms with E-state index in [-0.39, 0.29) is 18.2 Å². The number of alkyl halides is 3. The summed E-state index contributed by atoms with van der Waals surface area (Å²) in [5, 5.41) is 14.8. The summed E-state index contributed by atoms with van der Waals surface area (Å²) in [5.41, 5.74) is 0.908. The molecule has 5 nitrogen and oxygen atoms in total. The van der Waals surface area contributed by atoms with E-state index in [2.05, 4.69) is 15.4 Å². The number of benzene rings is 1. The maximum absolute atomic E-state index is 12.1. The fourth-order valence-electron chi connectivity index (χ4n) is 2.07. The molecule has 0 radical (unpaired) electrons. The number of aliphatic hydroxyl groups excluding tert-OH is 1. The van der Waals surface area contributed by atoms with Crippen molar-refractivity contribution in [3.63, 3.8) is 0 Å². The molecule has 0 aliphatic heterocycles. The van der Waals surface area contributed by atoms with Crippen molar-refractivity contribution in [2.45, 2.75) is 32.0 Å². The molecule has 1 saturated carbocycles. The number of urea groups is 1. The van der Waals surface area contributed by atoms with Crippen LogP contribution in [0.25, 0.3) is 0 Å². The third-order valence-electron chi connectivity index (χ3n) is 3.46. The van der Waals surface area contributed by atoms with E-state index >= 15 is 0 Å². The van der Waals surface area contributed by atoms with Crippen molar-refractivity contribution in [2.24, 2.45) is 5.92 Å². The van der Waals surface area contributed by atoms with Crippen molar-refractivity contribution < 1.29 is 27.8 Å². The van der Waals surface area contributed by atoms with Gasteiger partial charge in [0.05, 0.1) is 6.10 Å². The van der Waals surface area contributed by atoms with Crippen LogP contribution in [0, 0.1) is 12.8 Å². The molecule has 3 N–H and O–H groups in total. The zero-order valence-corrected chi connectivity index (χ0v) is 12.6. The van der Waals surface area contributed by atoms with Gasteiger partial charge in [-0.3, -0.25) is 0 Å². The number of rotatable bonds is 6. The predicted molar refractivity (Wildman–Crippen MR) is 78.5 cm³/mol. The summed E-state index contributed by atoms with van der Waals surface area (Å²) < 4.78 is 41.1. The molecule has 2 rings (SSSR count). The lowest BCUT2D eigenvalue weighted by Gasteiger charge is -2.14. The number of halogens is 3. The summed E-state index contributed by atoms with van der Waals surface area (Å²) in [6.07, 6.45) is -2.99. The Hall–Kier alpha value is -1.96. The molecule has 1 unspecified atom stereocenters. The van der Waals surface area contributed by atoms with Crippen molar-refractivity contribution >= 4 is 11.7 Å². The van der Waals surface area contributed by atoms with Gasteiger partial charge in [0.2, 0.25) is 0 Å². The van der Waals surface area contributed by atoms with E-state index in [0.29, 0.717) is 11.3 Å². The summed E-state index contributed by atoms with van der Waals surface area (Å²) in [6.45, 7) is 0.397. The molecular weight excluding hydrogens is 313 g/mol. The minimum absolute atomic E-state index is 0.109. The van der Waals surface area contributed by atoms with Crippen LogP contribution in [-0.4, -0.2) is 36.6 Å². The Labute approximate surface area is 131 Å². The molecule has 0 saturated heterocycles. The molecule has 1 atom stereocenters. The molecule has 1 aliphatic rings. The number of amides is 2. The summed E-state index contributed by atoms with van der Waals surface area (Å²) in [7, 11) is 0. The Morgan fingerprint density at radius 1 is 1.43 bits per heavy atom. The lowest BCUT2D eigenvalue weighted by atomic mass is 10.2. The molecule has 1 fully saturated rings. The maximum Gasteiger partial charge on any atom is 0.422 e. The Bertz CT molecular complexity index is 559. The van der Waals surface area contributed by atoms with Crippen molar-refractivity contribution in [1.29, 1.82) is 0 Å². The topological polar surface area (TPSA) is 70.6 Å². The Morgan fingerprint density at radius 2 is 2.13 bits per heavy atom. The zero-order chi connectivity index (χ0) is 17.0. The van der Waals surface area contributed by atoms with Gasteiger partial charge in [0, 0.05) is 12.2 Å². The number of aryl methyl sites for hydroxylation is 1. The Kier molecular flexibility index (Phi) is 5.35. The van der Waals surface area contributed by atoms with Crippen molar-refractivity contribution in [1.82, 2.24) is 5.32 Å². The third kappa shape index (κ3) is 5.97. The number of hydrogen-bond donors (Lipinski definition) is 3. The molecule has 0 spiro atoms. The Morgan fingerprint density at radius 3 is 2.70 bits per heavy atom. The van der Waals surface area contributed by atoms with Crippen molar-refractivity contribution in [3.05, 3.63) is 23.8 Å². The third-order valence-corrected chi connectivity index (χ3v) is 3.46. The summed E-state index contributed by atoms with van der Waals surface area (Å²) >= 11 is 0. The van der Waals surface area contributed by atoms with Crippen LogP contribution in [0.1, 0.15) is 18.4 Å². The van der Waals surface area contributed by atoms with Crippen LogP contribution in [-0.2, 0) is 0 Å². The lowest BCUT2D eigenvalue weighted by molar-refractivity contribution is -0.153. The number of carbonyl (C=O) groups is 1. The first-order valence-electron chi connectivity index (χ1n) is 7.28.